The summed E-state index contributed by atoms with van der Waals surface area (Å²) in [7, 11) is 0. The highest BCUT2D eigenvalue weighted by Crippen LogP contribution is 2.48. The van der Waals surface area contributed by atoms with Crippen molar-refractivity contribution in [3.8, 4) is 0 Å². The van der Waals surface area contributed by atoms with Crippen LogP contribution in [-0.4, -0.2) is 42.9 Å². The number of carbonyl (C=O) groups is 2. The van der Waals surface area contributed by atoms with Crippen LogP contribution in [0.5, 0.6) is 0 Å². The van der Waals surface area contributed by atoms with Gasteiger partial charge in [-0.2, -0.15) is 0 Å². The molecule has 0 atom stereocenters. The van der Waals surface area contributed by atoms with Gasteiger partial charge in [-0.1, -0.05) is 0 Å². The first-order valence-electron chi connectivity index (χ1n) is 9.56. The molecule has 0 radical (unpaired) electrons. The van der Waals surface area contributed by atoms with Crippen molar-refractivity contribution in [3.63, 3.8) is 0 Å². The van der Waals surface area contributed by atoms with E-state index in [1.165, 1.54) is 6.42 Å². The predicted octanol–water partition coefficient (Wildman–Crippen LogP) is 3.26. The number of benzene rings is 1. The van der Waals surface area contributed by atoms with Gasteiger partial charge in [0.25, 0.3) is 0 Å². The van der Waals surface area contributed by atoms with Crippen molar-refractivity contribution in [1.29, 1.82) is 0 Å². The first-order chi connectivity index (χ1) is 12.1. The molecule has 2 aliphatic rings. The van der Waals surface area contributed by atoms with Gasteiger partial charge in [0.15, 0.2) is 0 Å². The number of rotatable bonds is 6. The number of nitrogens with zero attached hydrogens (tertiary/aromatic N) is 2. The zero-order chi connectivity index (χ0) is 17.9. The van der Waals surface area contributed by atoms with E-state index in [1.54, 1.807) is 0 Å². The Labute approximate surface area is 150 Å². The summed E-state index contributed by atoms with van der Waals surface area (Å²) in [4.78, 5) is 29.7. The van der Waals surface area contributed by atoms with Gasteiger partial charge in [-0.25, -0.2) is 0 Å². The minimum atomic E-state index is -0.811. The smallest absolute Gasteiger partial charge is 0.240 e. The molecule has 1 aliphatic carbocycles. The molecule has 1 N–H and O–H groups in total. The SMILES string of the molecule is CCN(CC)c1ccc(NC(=O)C2(C(=O)N3CCCCC3)CC2)cc1. The Morgan fingerprint density at radius 2 is 1.64 bits per heavy atom. The number of nitrogens with one attached hydrogen (secondary N) is 1. The fraction of sp³-hybridized carbons (Fsp3) is 0.600. The Kier molecular flexibility index (Phi) is 5.30. The summed E-state index contributed by atoms with van der Waals surface area (Å²) < 4.78 is 0. The van der Waals surface area contributed by atoms with Crippen molar-refractivity contribution in [2.45, 2.75) is 46.0 Å². The molecular weight excluding hydrogens is 314 g/mol. The molecule has 2 amide bonds. The second kappa shape index (κ2) is 7.46. The van der Waals surface area contributed by atoms with Crippen molar-refractivity contribution in [1.82, 2.24) is 4.90 Å². The number of carbonyl (C=O) groups excluding carboxylic acids is 2. The topological polar surface area (TPSA) is 52.7 Å². The number of hydrogen-bond donors (Lipinski definition) is 1. The summed E-state index contributed by atoms with van der Waals surface area (Å²) in [5, 5.41) is 2.96. The van der Waals surface area contributed by atoms with Crippen LogP contribution in [0.25, 0.3) is 0 Å². The van der Waals surface area contributed by atoms with Crippen LogP contribution in [0.4, 0.5) is 11.4 Å². The van der Waals surface area contributed by atoms with Gasteiger partial charge in [-0.3, -0.25) is 9.59 Å². The highest BCUT2D eigenvalue weighted by molar-refractivity contribution is 6.13. The molecular formula is C20H29N3O2. The van der Waals surface area contributed by atoms with Gasteiger partial charge in [0.05, 0.1) is 0 Å². The van der Waals surface area contributed by atoms with Crippen LogP contribution < -0.4 is 10.2 Å². The summed E-state index contributed by atoms with van der Waals surface area (Å²) in [5.74, 6) is -0.108. The summed E-state index contributed by atoms with van der Waals surface area (Å²) in [6, 6.07) is 7.89. The van der Waals surface area contributed by atoms with Crippen molar-refractivity contribution in [2.24, 2.45) is 5.41 Å². The first-order valence-corrected chi connectivity index (χ1v) is 9.56. The van der Waals surface area contributed by atoms with Crippen LogP contribution in [0, 0.1) is 5.41 Å². The second-order valence-electron chi connectivity index (χ2n) is 7.11. The zero-order valence-electron chi connectivity index (χ0n) is 15.4. The first kappa shape index (κ1) is 17.8. The molecule has 1 aromatic rings. The molecule has 5 nitrogen and oxygen atoms in total. The Hall–Kier alpha value is -2.04. The van der Waals surface area contributed by atoms with E-state index in [0.29, 0.717) is 12.8 Å². The molecule has 0 unspecified atom stereocenters. The Bertz CT molecular complexity index is 612. The maximum absolute atomic E-state index is 12.8. The lowest BCUT2D eigenvalue weighted by molar-refractivity contribution is -0.143. The number of anilines is 2. The predicted molar refractivity (Wildman–Crippen MR) is 101 cm³/mol. The Morgan fingerprint density at radius 1 is 1.04 bits per heavy atom. The monoisotopic (exact) mass is 343 g/mol. The van der Waals surface area contributed by atoms with Gasteiger partial charge in [0.1, 0.15) is 5.41 Å². The molecule has 5 heteroatoms. The summed E-state index contributed by atoms with van der Waals surface area (Å²) in [5.41, 5.74) is 1.10. The molecule has 3 rings (SSSR count). The van der Waals surface area contributed by atoms with Crippen LogP contribution in [0.3, 0.4) is 0 Å². The Morgan fingerprint density at radius 3 is 2.16 bits per heavy atom. The van der Waals surface area contributed by atoms with E-state index < -0.39 is 5.41 Å². The maximum atomic E-state index is 12.8. The van der Waals surface area contributed by atoms with Gasteiger partial charge >= 0.3 is 0 Å². The standard InChI is InChI=1S/C20H29N3O2/c1-3-22(4-2)17-10-8-16(9-11-17)21-18(24)20(12-13-20)19(25)23-14-6-5-7-15-23/h8-11H,3-7,12-15H2,1-2H3,(H,21,24). The molecule has 136 valence electrons. The minimum Gasteiger partial charge on any atom is -0.372 e. The Balaban J connectivity index is 1.64. The number of likely N-dealkylation sites (tertiary alicyclic amines) is 1. The molecule has 1 saturated carbocycles. The van der Waals surface area contributed by atoms with Crippen LogP contribution >= 0.6 is 0 Å². The van der Waals surface area contributed by atoms with Crippen LogP contribution in [0.15, 0.2) is 24.3 Å². The van der Waals surface area contributed by atoms with Gasteiger partial charge in [-0.05, 0) is 70.2 Å². The molecule has 0 spiro atoms. The summed E-state index contributed by atoms with van der Waals surface area (Å²) in [6.07, 6.45) is 4.63. The van der Waals surface area contributed by atoms with Crippen LogP contribution in [0.1, 0.15) is 46.0 Å². The lowest BCUT2D eigenvalue weighted by Crippen LogP contribution is -2.45. The molecule has 1 aromatic carbocycles. The van der Waals surface area contributed by atoms with E-state index in [4.69, 9.17) is 0 Å². The number of hydrogen-bond acceptors (Lipinski definition) is 3. The fourth-order valence-electron chi connectivity index (χ4n) is 3.66. The molecule has 1 aliphatic heterocycles. The highest BCUT2D eigenvalue weighted by Gasteiger charge is 2.58. The molecule has 0 bridgehead atoms. The molecule has 1 heterocycles. The normalized spacial score (nSPS) is 18.6. The van der Waals surface area contributed by atoms with Gasteiger partial charge in [0, 0.05) is 37.6 Å². The summed E-state index contributed by atoms with van der Waals surface area (Å²) >= 11 is 0. The van der Waals surface area contributed by atoms with E-state index in [1.807, 2.05) is 29.2 Å². The lowest BCUT2D eigenvalue weighted by atomic mass is 10.0. The molecule has 0 aromatic heterocycles. The van der Waals surface area contributed by atoms with E-state index >= 15 is 0 Å². The van der Waals surface area contributed by atoms with Crippen LogP contribution in [0.2, 0.25) is 0 Å². The quantitative estimate of drug-likeness (QED) is 0.807. The van der Waals surface area contributed by atoms with E-state index in [2.05, 4.69) is 24.1 Å². The average Bonchev–Trinajstić information content (AvgIpc) is 3.46. The highest BCUT2D eigenvalue weighted by atomic mass is 16.2. The summed E-state index contributed by atoms with van der Waals surface area (Å²) in [6.45, 7) is 7.76. The second-order valence-corrected chi connectivity index (χ2v) is 7.11. The molecule has 25 heavy (non-hydrogen) atoms. The van der Waals surface area contributed by atoms with Gasteiger partial charge < -0.3 is 15.1 Å². The van der Waals surface area contributed by atoms with E-state index in [-0.39, 0.29) is 11.8 Å². The van der Waals surface area contributed by atoms with Crippen LogP contribution in [-0.2, 0) is 9.59 Å². The van der Waals surface area contributed by atoms with Gasteiger partial charge in [0.2, 0.25) is 11.8 Å². The van der Waals surface area contributed by atoms with Crippen molar-refractivity contribution in [3.05, 3.63) is 24.3 Å². The van der Waals surface area contributed by atoms with Crippen molar-refractivity contribution < 1.29 is 9.59 Å². The lowest BCUT2D eigenvalue weighted by Gasteiger charge is -2.30. The van der Waals surface area contributed by atoms with Gasteiger partial charge in [-0.15, -0.1) is 0 Å². The fourth-order valence-corrected chi connectivity index (χ4v) is 3.66. The third kappa shape index (κ3) is 3.65. The zero-order valence-corrected chi connectivity index (χ0v) is 15.4. The van der Waals surface area contributed by atoms with Crippen molar-refractivity contribution >= 4 is 23.2 Å². The maximum Gasteiger partial charge on any atom is 0.240 e. The molecule has 1 saturated heterocycles. The van der Waals surface area contributed by atoms with Crippen molar-refractivity contribution in [2.75, 3.05) is 36.4 Å². The third-order valence-corrected chi connectivity index (χ3v) is 5.49. The number of piperidine rings is 1. The minimum absolute atomic E-state index is 0.0319. The van der Waals surface area contributed by atoms with E-state index in [0.717, 1.165) is 50.4 Å². The van der Waals surface area contributed by atoms with E-state index in [9.17, 15) is 9.59 Å². The number of amides is 2. The largest absolute Gasteiger partial charge is 0.372 e. The molecule has 2 fully saturated rings. The average molecular weight is 343 g/mol. The third-order valence-electron chi connectivity index (χ3n) is 5.49.